The van der Waals surface area contributed by atoms with Gasteiger partial charge in [0.05, 0.1) is 4.90 Å². The fourth-order valence-electron chi connectivity index (χ4n) is 2.54. The Balaban J connectivity index is 1.43. The summed E-state index contributed by atoms with van der Waals surface area (Å²) in [4.78, 5) is 4.17. The van der Waals surface area contributed by atoms with E-state index in [1.54, 1.807) is 84.0 Å². The number of sulfonamides is 1. The normalized spacial score (nSPS) is 11.2. The summed E-state index contributed by atoms with van der Waals surface area (Å²) in [6.45, 7) is 1.90. The van der Waals surface area contributed by atoms with Crippen LogP contribution in [0.1, 0.15) is 5.56 Å². The molecule has 0 spiro atoms. The van der Waals surface area contributed by atoms with Crippen LogP contribution in [0.3, 0.4) is 0 Å². The van der Waals surface area contributed by atoms with Crippen LogP contribution < -0.4 is 9.46 Å². The molecule has 146 valence electrons. The molecular weight excluding hydrogens is 390 g/mol. The molecule has 0 bridgehead atoms. The molecule has 0 aliphatic rings. The van der Waals surface area contributed by atoms with Gasteiger partial charge in [-0.25, -0.2) is 13.4 Å². The first-order valence-corrected chi connectivity index (χ1v) is 10.2. The molecule has 0 fully saturated rings. The van der Waals surface area contributed by atoms with Crippen LogP contribution in [0.25, 0.3) is 5.82 Å². The van der Waals surface area contributed by atoms with E-state index < -0.39 is 10.0 Å². The summed E-state index contributed by atoms with van der Waals surface area (Å²) >= 11 is 0. The molecule has 0 unspecified atom stereocenters. The van der Waals surface area contributed by atoms with Gasteiger partial charge in [-0.2, -0.15) is 0 Å². The van der Waals surface area contributed by atoms with Crippen molar-refractivity contribution < 1.29 is 13.2 Å². The SMILES string of the molecule is Cc1ccc(S(=O)(=O)Nc2ccc(Oc3ccc(-n4ccnc4)nn3)cc2)cc1. The number of imidazole rings is 1. The Labute approximate surface area is 167 Å². The molecule has 2 aromatic carbocycles. The van der Waals surface area contributed by atoms with Crippen molar-refractivity contribution >= 4 is 15.7 Å². The molecule has 1 N–H and O–H groups in total. The molecule has 0 aliphatic carbocycles. The lowest BCUT2D eigenvalue weighted by atomic mass is 10.2. The zero-order chi connectivity index (χ0) is 20.3. The van der Waals surface area contributed by atoms with E-state index in [1.165, 1.54) is 0 Å². The molecule has 2 aromatic heterocycles. The van der Waals surface area contributed by atoms with Crippen molar-refractivity contribution in [1.29, 1.82) is 0 Å². The number of nitrogens with one attached hydrogen (secondary N) is 1. The van der Waals surface area contributed by atoms with Gasteiger partial charge in [-0.15, -0.1) is 10.2 Å². The molecule has 0 amide bonds. The van der Waals surface area contributed by atoms with Gasteiger partial charge in [0, 0.05) is 24.1 Å². The molecule has 0 atom stereocenters. The van der Waals surface area contributed by atoms with Crippen molar-refractivity contribution in [1.82, 2.24) is 19.7 Å². The Bertz CT molecular complexity index is 1190. The van der Waals surface area contributed by atoms with E-state index in [9.17, 15) is 8.42 Å². The van der Waals surface area contributed by atoms with E-state index in [1.807, 2.05) is 6.92 Å². The summed E-state index contributed by atoms with van der Waals surface area (Å²) in [7, 11) is -3.65. The van der Waals surface area contributed by atoms with Gasteiger partial charge >= 0.3 is 0 Å². The highest BCUT2D eigenvalue weighted by Gasteiger charge is 2.13. The predicted octanol–water partition coefficient (Wildman–Crippen LogP) is 3.56. The standard InChI is InChI=1S/C20H17N5O3S/c1-15-2-8-18(9-3-15)29(26,27)24-16-4-6-17(7-5-16)28-20-11-10-19(22-23-20)25-13-12-21-14-25/h2-14,24H,1H3. The van der Waals surface area contributed by atoms with Crippen LogP contribution in [0.4, 0.5) is 5.69 Å². The van der Waals surface area contributed by atoms with Crippen molar-refractivity contribution in [3.05, 3.63) is 84.9 Å². The van der Waals surface area contributed by atoms with Crippen LogP contribution in [-0.4, -0.2) is 28.2 Å². The number of aryl methyl sites for hydroxylation is 1. The molecule has 9 heteroatoms. The van der Waals surface area contributed by atoms with Crippen molar-refractivity contribution in [3.8, 4) is 17.4 Å². The van der Waals surface area contributed by atoms with Gasteiger partial charge in [-0.3, -0.25) is 9.29 Å². The predicted molar refractivity (Wildman–Crippen MR) is 108 cm³/mol. The average Bonchev–Trinajstić information content (AvgIpc) is 3.25. The fraction of sp³-hybridized carbons (Fsp3) is 0.0500. The largest absolute Gasteiger partial charge is 0.438 e. The summed E-state index contributed by atoms with van der Waals surface area (Å²) < 4.78 is 34.8. The van der Waals surface area contributed by atoms with Crippen LogP contribution in [0.15, 0.2) is 84.3 Å². The van der Waals surface area contributed by atoms with Crippen molar-refractivity contribution in [2.45, 2.75) is 11.8 Å². The molecular formula is C20H17N5O3S. The Kier molecular flexibility index (Phi) is 4.96. The van der Waals surface area contributed by atoms with Crippen LogP contribution >= 0.6 is 0 Å². The first-order chi connectivity index (χ1) is 14.0. The molecule has 0 aliphatic heterocycles. The fourth-order valence-corrected chi connectivity index (χ4v) is 3.60. The summed E-state index contributed by atoms with van der Waals surface area (Å²) in [5.41, 5.74) is 1.42. The van der Waals surface area contributed by atoms with Crippen molar-refractivity contribution in [2.75, 3.05) is 4.72 Å². The summed E-state index contributed by atoms with van der Waals surface area (Å²) in [5, 5.41) is 8.11. The third-order valence-corrected chi connectivity index (χ3v) is 5.45. The molecule has 4 aromatic rings. The van der Waals surface area contributed by atoms with Crippen LogP contribution in [0, 0.1) is 6.92 Å². The average molecular weight is 407 g/mol. The number of hydrogen-bond donors (Lipinski definition) is 1. The molecule has 2 heterocycles. The third-order valence-electron chi connectivity index (χ3n) is 4.06. The highest BCUT2D eigenvalue weighted by Crippen LogP contribution is 2.23. The summed E-state index contributed by atoms with van der Waals surface area (Å²) in [6, 6.07) is 16.6. The van der Waals surface area contributed by atoms with Crippen LogP contribution in [0.2, 0.25) is 0 Å². The highest BCUT2D eigenvalue weighted by atomic mass is 32.2. The molecule has 8 nitrogen and oxygen atoms in total. The lowest BCUT2D eigenvalue weighted by Gasteiger charge is -2.09. The lowest BCUT2D eigenvalue weighted by Crippen LogP contribution is -2.12. The number of benzene rings is 2. The van der Waals surface area contributed by atoms with Crippen LogP contribution in [-0.2, 0) is 10.0 Å². The second kappa shape index (κ2) is 7.72. The monoisotopic (exact) mass is 407 g/mol. The Morgan fingerprint density at radius 2 is 1.69 bits per heavy atom. The van der Waals surface area contributed by atoms with E-state index in [4.69, 9.17) is 4.74 Å². The van der Waals surface area contributed by atoms with Gasteiger partial charge in [-0.05, 0) is 49.4 Å². The van der Waals surface area contributed by atoms with Gasteiger partial charge in [0.25, 0.3) is 10.0 Å². The first-order valence-electron chi connectivity index (χ1n) is 8.69. The second-order valence-electron chi connectivity index (χ2n) is 6.24. The van der Waals surface area contributed by atoms with Gasteiger partial charge in [0.2, 0.25) is 5.88 Å². The number of aromatic nitrogens is 4. The number of rotatable bonds is 6. The lowest BCUT2D eigenvalue weighted by molar-refractivity contribution is 0.454. The molecule has 29 heavy (non-hydrogen) atoms. The quantitative estimate of drug-likeness (QED) is 0.525. The Hall–Kier alpha value is -3.72. The number of nitrogens with zero attached hydrogens (tertiary/aromatic N) is 4. The minimum Gasteiger partial charge on any atom is -0.438 e. The second-order valence-corrected chi connectivity index (χ2v) is 7.93. The van der Waals surface area contributed by atoms with E-state index in [0.717, 1.165) is 5.56 Å². The Morgan fingerprint density at radius 3 is 2.31 bits per heavy atom. The topological polar surface area (TPSA) is 99.0 Å². The number of hydrogen-bond acceptors (Lipinski definition) is 6. The third kappa shape index (κ3) is 4.41. The maximum absolute atomic E-state index is 12.5. The maximum Gasteiger partial charge on any atom is 0.261 e. The van der Waals surface area contributed by atoms with Crippen LogP contribution in [0.5, 0.6) is 11.6 Å². The van der Waals surface area contributed by atoms with E-state index >= 15 is 0 Å². The number of ether oxygens (including phenoxy) is 1. The highest BCUT2D eigenvalue weighted by molar-refractivity contribution is 7.92. The zero-order valence-electron chi connectivity index (χ0n) is 15.4. The van der Waals surface area contributed by atoms with E-state index in [0.29, 0.717) is 23.1 Å². The molecule has 0 saturated heterocycles. The number of anilines is 1. The maximum atomic E-state index is 12.5. The van der Waals surface area contributed by atoms with E-state index in [2.05, 4.69) is 19.9 Å². The Morgan fingerprint density at radius 1 is 0.931 bits per heavy atom. The first kappa shape index (κ1) is 18.6. The molecule has 4 rings (SSSR count). The minimum atomic E-state index is -3.65. The molecule has 0 radical (unpaired) electrons. The van der Waals surface area contributed by atoms with Gasteiger partial charge in [0.15, 0.2) is 5.82 Å². The smallest absolute Gasteiger partial charge is 0.261 e. The summed E-state index contributed by atoms with van der Waals surface area (Å²) in [6.07, 6.45) is 5.04. The minimum absolute atomic E-state index is 0.205. The van der Waals surface area contributed by atoms with Gasteiger partial charge in [0.1, 0.15) is 12.1 Å². The molecule has 0 saturated carbocycles. The van der Waals surface area contributed by atoms with Gasteiger partial charge < -0.3 is 4.74 Å². The van der Waals surface area contributed by atoms with E-state index in [-0.39, 0.29) is 4.90 Å². The zero-order valence-corrected chi connectivity index (χ0v) is 16.2. The van der Waals surface area contributed by atoms with Gasteiger partial charge in [-0.1, -0.05) is 17.7 Å². The van der Waals surface area contributed by atoms with Crippen molar-refractivity contribution in [2.24, 2.45) is 0 Å². The van der Waals surface area contributed by atoms with Crippen molar-refractivity contribution in [3.63, 3.8) is 0 Å². The summed E-state index contributed by atoms with van der Waals surface area (Å²) in [5.74, 6) is 1.45.